The van der Waals surface area contributed by atoms with Gasteiger partial charge in [0, 0.05) is 24.1 Å². The number of imidazole rings is 1. The molecule has 1 amide bonds. The maximum atomic E-state index is 12.2. The van der Waals surface area contributed by atoms with Crippen LogP contribution in [-0.2, 0) is 5.54 Å². The number of nitrogens with zero attached hydrogens (tertiary/aromatic N) is 5. The molecule has 7 heteroatoms. The first kappa shape index (κ1) is 14.2. The lowest BCUT2D eigenvalue weighted by Gasteiger charge is -2.17. The number of aromatic nitrogens is 5. The van der Waals surface area contributed by atoms with Gasteiger partial charge in [0.15, 0.2) is 0 Å². The summed E-state index contributed by atoms with van der Waals surface area (Å²) < 4.78 is 3.57. The molecule has 0 unspecified atom stereocenters. The molecule has 1 N–H and O–H groups in total. The van der Waals surface area contributed by atoms with E-state index in [4.69, 9.17) is 0 Å². The lowest BCUT2D eigenvalue weighted by atomic mass is 10.1. The molecule has 0 spiro atoms. The van der Waals surface area contributed by atoms with Gasteiger partial charge in [0.1, 0.15) is 12.0 Å². The molecule has 0 atom stereocenters. The van der Waals surface area contributed by atoms with Crippen LogP contribution in [0.15, 0.2) is 30.9 Å². The number of fused-ring (bicyclic) bond motifs is 1. The average molecular weight is 298 g/mol. The van der Waals surface area contributed by atoms with Gasteiger partial charge < -0.3 is 9.72 Å². The fourth-order valence-electron chi connectivity index (χ4n) is 2.06. The number of carbonyl (C=O) groups excluding carboxylic acids is 1. The molecule has 0 fully saturated rings. The van der Waals surface area contributed by atoms with Crippen molar-refractivity contribution in [2.75, 3.05) is 5.32 Å². The predicted octanol–water partition coefficient (Wildman–Crippen LogP) is 2.24. The average Bonchev–Trinajstić information content (AvgIpc) is 3.02. The molecule has 0 aliphatic carbocycles. The van der Waals surface area contributed by atoms with E-state index in [1.807, 2.05) is 56.6 Å². The van der Waals surface area contributed by atoms with Gasteiger partial charge in [0.2, 0.25) is 5.82 Å². The summed E-state index contributed by atoms with van der Waals surface area (Å²) in [7, 11) is 0. The maximum absolute atomic E-state index is 12.2. The van der Waals surface area contributed by atoms with Crippen LogP contribution < -0.4 is 5.32 Å². The first-order chi connectivity index (χ1) is 10.3. The van der Waals surface area contributed by atoms with Crippen molar-refractivity contribution in [3.05, 3.63) is 42.4 Å². The Morgan fingerprint density at radius 2 is 2.09 bits per heavy atom. The third kappa shape index (κ3) is 2.69. The van der Waals surface area contributed by atoms with Crippen LogP contribution >= 0.6 is 0 Å². The summed E-state index contributed by atoms with van der Waals surface area (Å²) in [6.45, 7) is 7.92. The molecule has 0 bridgehead atoms. The van der Waals surface area contributed by atoms with Crippen molar-refractivity contribution in [1.29, 1.82) is 0 Å². The van der Waals surface area contributed by atoms with Crippen molar-refractivity contribution in [3.8, 4) is 0 Å². The van der Waals surface area contributed by atoms with E-state index in [9.17, 15) is 4.79 Å². The Bertz CT molecular complexity index is 839. The van der Waals surface area contributed by atoms with Gasteiger partial charge in [-0.2, -0.15) is 0 Å². The lowest BCUT2D eigenvalue weighted by Crippen LogP contribution is -2.23. The Morgan fingerprint density at radius 1 is 1.32 bits per heavy atom. The zero-order chi connectivity index (χ0) is 15.9. The first-order valence-corrected chi connectivity index (χ1v) is 7.02. The molecule has 114 valence electrons. The molecule has 0 aromatic carbocycles. The van der Waals surface area contributed by atoms with Crippen LogP contribution in [0.3, 0.4) is 0 Å². The van der Waals surface area contributed by atoms with E-state index >= 15 is 0 Å². The summed E-state index contributed by atoms with van der Waals surface area (Å²) >= 11 is 0. The van der Waals surface area contributed by atoms with Gasteiger partial charge in [-0.15, -0.1) is 5.10 Å². The standard InChI is InChI=1S/C15H18N6O/c1-10-8-20-6-5-11(7-12(20)17-10)18-14(22)13-16-9-21(19-13)15(2,3)4/h5-9H,1-4H3,(H,18,22). The van der Waals surface area contributed by atoms with Crippen molar-refractivity contribution < 1.29 is 4.79 Å². The second kappa shape index (κ2) is 4.94. The predicted molar refractivity (Wildman–Crippen MR) is 82.9 cm³/mol. The minimum atomic E-state index is -0.337. The molecule has 22 heavy (non-hydrogen) atoms. The number of nitrogens with one attached hydrogen (secondary N) is 1. The fraction of sp³-hybridized carbons (Fsp3) is 0.333. The highest BCUT2D eigenvalue weighted by Crippen LogP contribution is 2.14. The molecule has 0 aliphatic rings. The van der Waals surface area contributed by atoms with Crippen LogP contribution in [-0.4, -0.2) is 30.1 Å². The third-order valence-electron chi connectivity index (χ3n) is 3.22. The summed E-state index contributed by atoms with van der Waals surface area (Å²) in [5, 5.41) is 7.01. The first-order valence-electron chi connectivity index (χ1n) is 7.02. The van der Waals surface area contributed by atoms with E-state index in [1.54, 1.807) is 11.0 Å². The van der Waals surface area contributed by atoms with Gasteiger partial charge in [-0.1, -0.05) is 0 Å². The number of amides is 1. The third-order valence-corrected chi connectivity index (χ3v) is 3.22. The van der Waals surface area contributed by atoms with Crippen LogP contribution in [0.25, 0.3) is 5.65 Å². The SMILES string of the molecule is Cc1cn2ccc(NC(=O)c3ncn(C(C)(C)C)n3)cc2n1. The largest absolute Gasteiger partial charge is 0.319 e. The second-order valence-electron chi connectivity index (χ2n) is 6.20. The van der Waals surface area contributed by atoms with Gasteiger partial charge >= 0.3 is 0 Å². The van der Waals surface area contributed by atoms with Crippen molar-refractivity contribution in [2.24, 2.45) is 0 Å². The van der Waals surface area contributed by atoms with Crippen LogP contribution in [0.4, 0.5) is 5.69 Å². The van der Waals surface area contributed by atoms with E-state index in [2.05, 4.69) is 20.4 Å². The van der Waals surface area contributed by atoms with Gasteiger partial charge in [0.25, 0.3) is 5.91 Å². The van der Waals surface area contributed by atoms with Crippen LogP contribution in [0.5, 0.6) is 0 Å². The van der Waals surface area contributed by atoms with Crippen LogP contribution in [0.2, 0.25) is 0 Å². The van der Waals surface area contributed by atoms with Gasteiger partial charge in [0.05, 0.1) is 11.2 Å². The molecule has 0 radical (unpaired) electrons. The summed E-state index contributed by atoms with van der Waals surface area (Å²) in [6.07, 6.45) is 5.34. The van der Waals surface area contributed by atoms with E-state index in [1.165, 1.54) is 0 Å². The molecular weight excluding hydrogens is 280 g/mol. The van der Waals surface area contributed by atoms with E-state index in [0.717, 1.165) is 11.3 Å². The minimum Gasteiger partial charge on any atom is -0.319 e. The number of aryl methyl sites for hydroxylation is 1. The Morgan fingerprint density at radius 3 is 2.77 bits per heavy atom. The van der Waals surface area contributed by atoms with Gasteiger partial charge in [-0.25, -0.2) is 14.6 Å². The number of pyridine rings is 1. The molecule has 0 saturated carbocycles. The molecule has 3 rings (SSSR count). The quantitative estimate of drug-likeness (QED) is 0.787. The number of hydrogen-bond donors (Lipinski definition) is 1. The highest BCUT2D eigenvalue weighted by molar-refractivity contribution is 6.01. The molecule has 3 aromatic heterocycles. The molecule has 7 nitrogen and oxygen atoms in total. The normalized spacial score (nSPS) is 11.8. The summed E-state index contributed by atoms with van der Waals surface area (Å²) in [4.78, 5) is 20.6. The smallest absolute Gasteiger partial charge is 0.295 e. The molecule has 0 saturated heterocycles. The van der Waals surface area contributed by atoms with E-state index in [-0.39, 0.29) is 17.3 Å². The minimum absolute atomic E-state index is 0.148. The van der Waals surface area contributed by atoms with Gasteiger partial charge in [-0.05, 0) is 33.8 Å². The highest BCUT2D eigenvalue weighted by atomic mass is 16.2. The Labute approximate surface area is 128 Å². The zero-order valence-corrected chi connectivity index (χ0v) is 13.0. The molecule has 0 aliphatic heterocycles. The van der Waals surface area contributed by atoms with Crippen LogP contribution in [0, 0.1) is 6.92 Å². The summed E-state index contributed by atoms with van der Waals surface area (Å²) in [5.74, 6) is -0.190. The van der Waals surface area contributed by atoms with E-state index < -0.39 is 0 Å². The van der Waals surface area contributed by atoms with E-state index in [0.29, 0.717) is 5.69 Å². The lowest BCUT2D eigenvalue weighted by molar-refractivity contribution is 0.101. The van der Waals surface area contributed by atoms with Gasteiger partial charge in [-0.3, -0.25) is 4.79 Å². The van der Waals surface area contributed by atoms with Crippen molar-refractivity contribution in [1.82, 2.24) is 24.1 Å². The second-order valence-corrected chi connectivity index (χ2v) is 6.20. The number of hydrogen-bond acceptors (Lipinski definition) is 4. The Kier molecular flexibility index (Phi) is 3.20. The maximum Gasteiger partial charge on any atom is 0.295 e. The fourth-order valence-corrected chi connectivity index (χ4v) is 2.06. The van der Waals surface area contributed by atoms with Crippen molar-refractivity contribution in [3.63, 3.8) is 0 Å². The summed E-state index contributed by atoms with van der Waals surface area (Å²) in [6, 6.07) is 3.62. The Balaban J connectivity index is 1.81. The topological polar surface area (TPSA) is 77.1 Å². The highest BCUT2D eigenvalue weighted by Gasteiger charge is 2.18. The monoisotopic (exact) mass is 298 g/mol. The number of anilines is 1. The summed E-state index contributed by atoms with van der Waals surface area (Å²) in [5.41, 5.74) is 2.16. The molecule has 3 heterocycles. The molecular formula is C15H18N6O. The zero-order valence-electron chi connectivity index (χ0n) is 13.0. The number of rotatable bonds is 2. The van der Waals surface area contributed by atoms with Crippen molar-refractivity contribution in [2.45, 2.75) is 33.2 Å². The van der Waals surface area contributed by atoms with Crippen molar-refractivity contribution >= 4 is 17.2 Å². The Hall–Kier alpha value is -2.70. The number of carbonyl (C=O) groups is 1. The molecule has 3 aromatic rings. The van der Waals surface area contributed by atoms with Crippen LogP contribution in [0.1, 0.15) is 37.1 Å².